The van der Waals surface area contributed by atoms with Gasteiger partial charge in [-0.2, -0.15) is 4.31 Å². The van der Waals surface area contributed by atoms with Gasteiger partial charge in [0.25, 0.3) is 0 Å². The SMILES string of the molecule is Cc1ccc(S(=O)(=O)N2CC(Cl)=C[C@@H]3c4c(C)cccc4C[C@@H]32)cc1. The third-order valence-electron chi connectivity index (χ3n) is 5.26. The Balaban J connectivity index is 1.79. The zero-order valence-electron chi connectivity index (χ0n) is 14.2. The van der Waals surface area contributed by atoms with Crippen LogP contribution in [0.4, 0.5) is 0 Å². The van der Waals surface area contributed by atoms with Crippen molar-refractivity contribution in [2.45, 2.75) is 37.1 Å². The van der Waals surface area contributed by atoms with Gasteiger partial charge in [0.05, 0.1) is 4.90 Å². The fourth-order valence-electron chi connectivity index (χ4n) is 4.04. The molecule has 1 heterocycles. The summed E-state index contributed by atoms with van der Waals surface area (Å²) in [6.45, 7) is 4.27. The fourth-order valence-corrected chi connectivity index (χ4v) is 6.00. The van der Waals surface area contributed by atoms with Gasteiger partial charge in [-0.15, -0.1) is 0 Å². The molecule has 3 nitrogen and oxygen atoms in total. The summed E-state index contributed by atoms with van der Waals surface area (Å²) in [4.78, 5) is 0.330. The van der Waals surface area contributed by atoms with E-state index in [4.69, 9.17) is 11.6 Å². The summed E-state index contributed by atoms with van der Waals surface area (Å²) in [7, 11) is -3.59. The van der Waals surface area contributed by atoms with Gasteiger partial charge in [0.1, 0.15) is 0 Å². The van der Waals surface area contributed by atoms with Gasteiger partial charge >= 0.3 is 0 Å². The van der Waals surface area contributed by atoms with Crippen LogP contribution in [0.5, 0.6) is 0 Å². The number of benzene rings is 2. The third-order valence-corrected chi connectivity index (χ3v) is 7.39. The number of fused-ring (bicyclic) bond motifs is 3. The van der Waals surface area contributed by atoms with Gasteiger partial charge in [-0.3, -0.25) is 0 Å². The molecule has 2 aromatic carbocycles. The molecule has 0 aromatic heterocycles. The first-order valence-corrected chi connectivity index (χ1v) is 10.2. The highest BCUT2D eigenvalue weighted by atomic mass is 35.5. The summed E-state index contributed by atoms with van der Waals surface area (Å²) < 4.78 is 28.1. The van der Waals surface area contributed by atoms with Gasteiger partial charge in [0.2, 0.25) is 10.0 Å². The van der Waals surface area contributed by atoms with Gasteiger partial charge in [0.15, 0.2) is 0 Å². The second-order valence-corrected chi connectivity index (χ2v) is 9.30. The molecule has 1 aliphatic heterocycles. The number of hydrogen-bond acceptors (Lipinski definition) is 2. The molecule has 0 saturated heterocycles. The maximum atomic E-state index is 13.3. The van der Waals surface area contributed by atoms with E-state index in [0.717, 1.165) is 12.0 Å². The van der Waals surface area contributed by atoms with Crippen LogP contribution < -0.4 is 0 Å². The van der Waals surface area contributed by atoms with E-state index < -0.39 is 10.0 Å². The zero-order valence-corrected chi connectivity index (χ0v) is 15.8. The maximum Gasteiger partial charge on any atom is 0.243 e. The number of halogens is 1. The van der Waals surface area contributed by atoms with Crippen LogP contribution in [0.1, 0.15) is 28.2 Å². The number of aryl methyl sites for hydroxylation is 2. The van der Waals surface area contributed by atoms with E-state index in [-0.39, 0.29) is 18.5 Å². The molecule has 25 heavy (non-hydrogen) atoms. The number of rotatable bonds is 2. The first-order valence-electron chi connectivity index (χ1n) is 8.41. The Labute approximate surface area is 154 Å². The highest BCUT2D eigenvalue weighted by molar-refractivity contribution is 7.89. The maximum absolute atomic E-state index is 13.3. The topological polar surface area (TPSA) is 37.4 Å². The van der Waals surface area contributed by atoms with Crippen molar-refractivity contribution < 1.29 is 8.42 Å². The Morgan fingerprint density at radius 2 is 1.80 bits per heavy atom. The fraction of sp³-hybridized carbons (Fsp3) is 0.300. The highest BCUT2D eigenvalue weighted by Gasteiger charge is 2.44. The molecule has 0 amide bonds. The molecule has 2 aromatic rings. The minimum absolute atomic E-state index is 0.0256. The lowest BCUT2D eigenvalue weighted by Crippen LogP contribution is -2.45. The third kappa shape index (κ3) is 2.73. The zero-order chi connectivity index (χ0) is 17.8. The average Bonchev–Trinajstić information content (AvgIpc) is 2.94. The monoisotopic (exact) mass is 373 g/mol. The predicted octanol–water partition coefficient (Wildman–Crippen LogP) is 4.14. The Hall–Kier alpha value is -1.62. The van der Waals surface area contributed by atoms with Crippen LogP contribution in [0.3, 0.4) is 0 Å². The molecule has 1 aliphatic carbocycles. The van der Waals surface area contributed by atoms with Gasteiger partial charge in [-0.05, 0) is 49.1 Å². The summed E-state index contributed by atoms with van der Waals surface area (Å²) in [5, 5.41) is 0.591. The molecule has 0 saturated carbocycles. The van der Waals surface area contributed by atoms with E-state index in [2.05, 4.69) is 19.1 Å². The Kier molecular flexibility index (Phi) is 4.02. The second kappa shape index (κ2) is 5.97. The molecule has 5 heteroatoms. The molecule has 130 valence electrons. The van der Waals surface area contributed by atoms with Crippen LogP contribution in [-0.4, -0.2) is 25.3 Å². The Bertz CT molecular complexity index is 964. The van der Waals surface area contributed by atoms with Crippen LogP contribution in [0.15, 0.2) is 58.5 Å². The molecular formula is C20H20ClNO2S. The number of sulfonamides is 1. The first-order chi connectivity index (χ1) is 11.9. The molecule has 0 N–H and O–H groups in total. The number of hydrogen-bond donors (Lipinski definition) is 0. The largest absolute Gasteiger partial charge is 0.243 e. The predicted molar refractivity (Wildman–Crippen MR) is 100 cm³/mol. The summed E-state index contributed by atoms with van der Waals surface area (Å²) in [6.07, 6.45) is 2.76. The van der Waals surface area contributed by atoms with Crippen LogP contribution in [0.25, 0.3) is 0 Å². The molecule has 0 unspecified atom stereocenters. The van der Waals surface area contributed by atoms with Crippen LogP contribution in [0.2, 0.25) is 0 Å². The quantitative estimate of drug-likeness (QED) is 0.793. The molecular weight excluding hydrogens is 354 g/mol. The van der Waals surface area contributed by atoms with E-state index in [1.54, 1.807) is 16.4 Å². The molecule has 2 aliphatic rings. The van der Waals surface area contributed by atoms with Crippen molar-refractivity contribution in [2.75, 3.05) is 6.54 Å². The number of nitrogens with zero attached hydrogens (tertiary/aromatic N) is 1. The van der Waals surface area contributed by atoms with Crippen molar-refractivity contribution in [1.29, 1.82) is 0 Å². The van der Waals surface area contributed by atoms with Crippen molar-refractivity contribution in [1.82, 2.24) is 4.31 Å². The lowest BCUT2D eigenvalue weighted by molar-refractivity contribution is 0.318. The van der Waals surface area contributed by atoms with Crippen molar-refractivity contribution in [3.8, 4) is 0 Å². The van der Waals surface area contributed by atoms with E-state index in [1.165, 1.54) is 16.7 Å². The molecule has 2 atom stereocenters. The first kappa shape index (κ1) is 16.8. The molecule has 0 fully saturated rings. The smallest absolute Gasteiger partial charge is 0.207 e. The van der Waals surface area contributed by atoms with E-state index in [0.29, 0.717) is 9.93 Å². The van der Waals surface area contributed by atoms with E-state index in [1.807, 2.05) is 31.2 Å². The Morgan fingerprint density at radius 1 is 1.08 bits per heavy atom. The summed E-state index contributed by atoms with van der Waals surface area (Å²) in [6, 6.07) is 13.1. The molecule has 0 spiro atoms. The minimum atomic E-state index is -3.59. The van der Waals surface area contributed by atoms with Gasteiger partial charge < -0.3 is 0 Å². The summed E-state index contributed by atoms with van der Waals surface area (Å²) in [5.74, 6) is 0.0256. The van der Waals surface area contributed by atoms with Crippen LogP contribution in [0, 0.1) is 13.8 Å². The highest BCUT2D eigenvalue weighted by Crippen LogP contribution is 2.44. The molecule has 4 rings (SSSR count). The van der Waals surface area contributed by atoms with Gasteiger partial charge in [0, 0.05) is 23.5 Å². The lowest BCUT2D eigenvalue weighted by atomic mass is 9.92. The van der Waals surface area contributed by atoms with Crippen LogP contribution in [-0.2, 0) is 16.4 Å². The Morgan fingerprint density at radius 3 is 2.52 bits per heavy atom. The van der Waals surface area contributed by atoms with Crippen molar-refractivity contribution in [3.63, 3.8) is 0 Å². The van der Waals surface area contributed by atoms with Crippen molar-refractivity contribution in [2.24, 2.45) is 0 Å². The van der Waals surface area contributed by atoms with E-state index in [9.17, 15) is 8.42 Å². The average molecular weight is 374 g/mol. The van der Waals surface area contributed by atoms with E-state index >= 15 is 0 Å². The molecule has 0 bridgehead atoms. The second-order valence-electron chi connectivity index (χ2n) is 6.92. The summed E-state index contributed by atoms with van der Waals surface area (Å²) in [5.41, 5.74) is 4.69. The summed E-state index contributed by atoms with van der Waals surface area (Å²) >= 11 is 6.37. The lowest BCUT2D eigenvalue weighted by Gasteiger charge is -2.35. The van der Waals surface area contributed by atoms with Gasteiger partial charge in [-0.1, -0.05) is 53.6 Å². The molecule has 0 radical (unpaired) electrons. The van der Waals surface area contributed by atoms with Crippen LogP contribution >= 0.6 is 11.6 Å². The standard InChI is InChI=1S/C20H20ClNO2S/c1-13-6-8-17(9-7-13)25(23,24)22-12-16(21)11-18-19(22)10-15-5-3-4-14(2)20(15)18/h3-9,11,18-19H,10,12H2,1-2H3/t18-,19-/m0/s1. The normalized spacial score (nSPS) is 23.1. The van der Waals surface area contributed by atoms with Crippen molar-refractivity contribution in [3.05, 3.63) is 75.8 Å². The van der Waals surface area contributed by atoms with Gasteiger partial charge in [-0.25, -0.2) is 8.42 Å². The van der Waals surface area contributed by atoms with Crippen molar-refractivity contribution >= 4 is 21.6 Å². The minimum Gasteiger partial charge on any atom is -0.207 e.